The van der Waals surface area contributed by atoms with Gasteiger partial charge in [0.15, 0.2) is 0 Å². The molecule has 0 bridgehead atoms. The summed E-state index contributed by atoms with van der Waals surface area (Å²) in [5.74, 6) is 0.469. The van der Waals surface area contributed by atoms with Gasteiger partial charge in [-0.15, -0.1) is 10.2 Å². The first-order valence-electron chi connectivity index (χ1n) is 6.68. The van der Waals surface area contributed by atoms with Crippen molar-refractivity contribution in [3.63, 3.8) is 0 Å². The maximum atomic E-state index is 12.5. The number of amidine groups is 1. The number of carbonyl (C=O) groups is 1. The van der Waals surface area contributed by atoms with E-state index in [0.29, 0.717) is 16.7 Å². The molecule has 106 valence electrons. The normalized spacial score (nSPS) is 16.7. The number of anilines is 1. The maximum absolute atomic E-state index is 12.5. The molecule has 0 radical (unpaired) electrons. The molecule has 0 spiro atoms. The van der Waals surface area contributed by atoms with Crippen LogP contribution in [0.15, 0.2) is 41.0 Å². The minimum atomic E-state index is -0.157. The number of rotatable bonds is 3. The molecule has 0 saturated carbocycles. The lowest BCUT2D eigenvalue weighted by molar-refractivity contribution is -0.113. The van der Waals surface area contributed by atoms with E-state index in [4.69, 9.17) is 0 Å². The molecule has 2 heterocycles. The van der Waals surface area contributed by atoms with Gasteiger partial charge in [0.2, 0.25) is 5.13 Å². The summed E-state index contributed by atoms with van der Waals surface area (Å²) in [5, 5.41) is 9.62. The molecule has 1 aliphatic rings. The number of aliphatic imine (C=N–C) groups is 1. The van der Waals surface area contributed by atoms with E-state index in [2.05, 4.69) is 15.2 Å². The van der Waals surface area contributed by atoms with Crippen LogP contribution in [0.5, 0.6) is 0 Å². The molecule has 21 heavy (non-hydrogen) atoms. The van der Waals surface area contributed by atoms with Gasteiger partial charge in [-0.1, -0.05) is 48.6 Å². The van der Waals surface area contributed by atoms with Crippen molar-refractivity contribution in [1.82, 2.24) is 10.2 Å². The van der Waals surface area contributed by atoms with Gasteiger partial charge in [0.25, 0.3) is 5.91 Å². The number of hydrogen-bond acceptors (Lipinski definition) is 5. The van der Waals surface area contributed by atoms with Gasteiger partial charge in [-0.25, -0.2) is 9.89 Å². The highest BCUT2D eigenvalue weighted by molar-refractivity contribution is 7.15. The Morgan fingerprint density at radius 1 is 1.24 bits per heavy atom. The highest BCUT2D eigenvalue weighted by Gasteiger charge is 2.31. The zero-order chi connectivity index (χ0) is 14.8. The second-order valence-electron chi connectivity index (χ2n) is 4.57. The molecule has 1 amide bonds. The van der Waals surface area contributed by atoms with Gasteiger partial charge in [0.05, 0.1) is 0 Å². The van der Waals surface area contributed by atoms with Crippen LogP contribution < -0.4 is 4.90 Å². The van der Waals surface area contributed by atoms with Crippen LogP contribution >= 0.6 is 11.3 Å². The molecule has 0 aliphatic carbocycles. The summed E-state index contributed by atoms with van der Waals surface area (Å²) < 4.78 is 0. The van der Waals surface area contributed by atoms with Crippen molar-refractivity contribution in [3.05, 3.63) is 46.6 Å². The van der Waals surface area contributed by atoms with Crippen molar-refractivity contribution in [2.45, 2.75) is 20.3 Å². The van der Waals surface area contributed by atoms with Crippen molar-refractivity contribution in [2.24, 2.45) is 4.99 Å². The molecule has 0 atom stereocenters. The quantitative estimate of drug-likeness (QED) is 0.819. The molecular formula is C15H14N4OS. The van der Waals surface area contributed by atoms with Crippen LogP contribution in [-0.2, 0) is 11.2 Å². The Hall–Kier alpha value is -2.34. The van der Waals surface area contributed by atoms with Gasteiger partial charge in [-0.2, -0.15) is 0 Å². The smallest absolute Gasteiger partial charge is 0.266 e. The third-order valence-electron chi connectivity index (χ3n) is 3.08. The first-order chi connectivity index (χ1) is 10.2. The lowest BCUT2D eigenvalue weighted by Crippen LogP contribution is -2.30. The molecule has 6 heteroatoms. The molecule has 0 unspecified atom stereocenters. The lowest BCUT2D eigenvalue weighted by Gasteiger charge is -2.10. The van der Waals surface area contributed by atoms with Crippen molar-refractivity contribution in [1.29, 1.82) is 0 Å². The van der Waals surface area contributed by atoms with Gasteiger partial charge >= 0.3 is 0 Å². The summed E-state index contributed by atoms with van der Waals surface area (Å²) in [4.78, 5) is 18.4. The van der Waals surface area contributed by atoms with Crippen LogP contribution in [0, 0.1) is 0 Å². The number of carbonyl (C=O) groups excluding carboxylic acids is 1. The number of benzene rings is 1. The van der Waals surface area contributed by atoms with Crippen LogP contribution in [0.4, 0.5) is 5.13 Å². The van der Waals surface area contributed by atoms with E-state index < -0.39 is 0 Å². The second-order valence-corrected chi connectivity index (χ2v) is 5.61. The van der Waals surface area contributed by atoms with Gasteiger partial charge < -0.3 is 0 Å². The van der Waals surface area contributed by atoms with Gasteiger partial charge in [0, 0.05) is 0 Å². The molecule has 1 aromatic carbocycles. The van der Waals surface area contributed by atoms with Crippen LogP contribution in [0.1, 0.15) is 24.4 Å². The zero-order valence-electron chi connectivity index (χ0n) is 11.8. The number of hydrogen-bond donors (Lipinski definition) is 0. The minimum absolute atomic E-state index is 0.157. The second kappa shape index (κ2) is 5.57. The van der Waals surface area contributed by atoms with Gasteiger partial charge in [-0.05, 0) is 25.0 Å². The third kappa shape index (κ3) is 2.62. The average Bonchev–Trinajstić information content (AvgIpc) is 3.05. The number of aromatic nitrogens is 2. The summed E-state index contributed by atoms with van der Waals surface area (Å²) in [6.07, 6.45) is 2.59. The van der Waals surface area contributed by atoms with Crippen molar-refractivity contribution in [2.75, 3.05) is 4.90 Å². The largest absolute Gasteiger partial charge is 0.284 e. The minimum Gasteiger partial charge on any atom is -0.266 e. The highest BCUT2D eigenvalue weighted by atomic mass is 32.1. The predicted octanol–water partition coefficient (Wildman–Crippen LogP) is 2.91. The molecule has 0 N–H and O–H groups in total. The SMILES string of the molecule is CCc1nnc(N2C(=O)/C(=C/c3ccccc3)N=C2C)s1. The fourth-order valence-corrected chi connectivity index (χ4v) is 2.86. The van der Waals surface area contributed by atoms with Crippen molar-refractivity contribution < 1.29 is 4.79 Å². The summed E-state index contributed by atoms with van der Waals surface area (Å²) in [5.41, 5.74) is 1.37. The van der Waals surface area contributed by atoms with Gasteiger partial charge in [-0.3, -0.25) is 4.79 Å². The third-order valence-corrected chi connectivity index (χ3v) is 4.13. The van der Waals surface area contributed by atoms with E-state index in [1.165, 1.54) is 16.2 Å². The molecule has 0 saturated heterocycles. The number of nitrogens with zero attached hydrogens (tertiary/aromatic N) is 4. The Labute approximate surface area is 126 Å². The van der Waals surface area contributed by atoms with Crippen molar-refractivity contribution in [3.8, 4) is 0 Å². The summed E-state index contributed by atoms with van der Waals surface area (Å²) in [6.45, 7) is 3.81. The molecule has 3 rings (SSSR count). The average molecular weight is 298 g/mol. The van der Waals surface area contributed by atoms with Crippen LogP contribution in [0.3, 0.4) is 0 Å². The van der Waals surface area contributed by atoms with E-state index in [1.807, 2.05) is 37.3 Å². The van der Waals surface area contributed by atoms with E-state index in [9.17, 15) is 4.79 Å². The summed E-state index contributed by atoms with van der Waals surface area (Å²) in [7, 11) is 0. The molecule has 1 aliphatic heterocycles. The summed E-state index contributed by atoms with van der Waals surface area (Å²) >= 11 is 1.42. The molecule has 5 nitrogen and oxygen atoms in total. The molecule has 0 fully saturated rings. The standard InChI is InChI=1S/C15H14N4OS/c1-3-13-17-18-15(21-13)19-10(2)16-12(14(19)20)9-11-7-5-4-6-8-11/h4-9H,3H2,1-2H3/b12-9-. The molecule has 2 aromatic rings. The first-order valence-corrected chi connectivity index (χ1v) is 7.49. The lowest BCUT2D eigenvalue weighted by atomic mass is 10.2. The fraction of sp³-hybridized carbons (Fsp3) is 0.200. The molecular weight excluding hydrogens is 284 g/mol. The highest BCUT2D eigenvalue weighted by Crippen LogP contribution is 2.27. The molecule has 1 aromatic heterocycles. The van der Waals surface area contributed by atoms with E-state index in [-0.39, 0.29) is 5.91 Å². The maximum Gasteiger partial charge on any atom is 0.284 e. The fourth-order valence-electron chi connectivity index (χ4n) is 2.04. The Morgan fingerprint density at radius 2 is 2.00 bits per heavy atom. The monoisotopic (exact) mass is 298 g/mol. The van der Waals surface area contributed by atoms with Crippen molar-refractivity contribution >= 4 is 34.3 Å². The van der Waals surface area contributed by atoms with Crippen LogP contribution in [0.25, 0.3) is 6.08 Å². The Bertz CT molecular complexity index is 733. The Kier molecular flexibility index (Phi) is 3.62. The van der Waals surface area contributed by atoms with Crippen LogP contribution in [-0.4, -0.2) is 21.9 Å². The van der Waals surface area contributed by atoms with Crippen LogP contribution in [0.2, 0.25) is 0 Å². The predicted molar refractivity (Wildman–Crippen MR) is 84.3 cm³/mol. The van der Waals surface area contributed by atoms with E-state index >= 15 is 0 Å². The summed E-state index contributed by atoms with van der Waals surface area (Å²) in [6, 6.07) is 9.67. The van der Waals surface area contributed by atoms with Gasteiger partial charge in [0.1, 0.15) is 16.5 Å². The number of amides is 1. The van der Waals surface area contributed by atoms with E-state index in [0.717, 1.165) is 17.0 Å². The first kappa shape index (κ1) is 13.6. The number of aryl methyl sites for hydroxylation is 1. The Balaban J connectivity index is 1.92. The Morgan fingerprint density at radius 3 is 2.67 bits per heavy atom. The van der Waals surface area contributed by atoms with E-state index in [1.54, 1.807) is 13.0 Å². The zero-order valence-corrected chi connectivity index (χ0v) is 12.6. The topological polar surface area (TPSA) is 58.5 Å².